The number of esters is 1. The Hall–Kier alpha value is -1.75. The smallest absolute Gasteiger partial charge is 0.307 e. The van der Waals surface area contributed by atoms with E-state index < -0.39 is 6.04 Å². The van der Waals surface area contributed by atoms with E-state index in [-0.39, 0.29) is 12.4 Å². The molecule has 0 spiro atoms. The van der Waals surface area contributed by atoms with E-state index in [1.165, 1.54) is 0 Å². The molecule has 0 aromatic heterocycles. The van der Waals surface area contributed by atoms with Crippen LogP contribution in [0.1, 0.15) is 31.4 Å². The van der Waals surface area contributed by atoms with Crippen LogP contribution in [0.25, 0.3) is 0 Å². The third-order valence-electron chi connectivity index (χ3n) is 2.89. The molecule has 19 heavy (non-hydrogen) atoms. The van der Waals surface area contributed by atoms with E-state index in [9.17, 15) is 4.79 Å². The van der Waals surface area contributed by atoms with Crippen molar-refractivity contribution in [1.29, 1.82) is 0 Å². The number of carbonyl (C=O) groups excluding carboxylic acids is 1. The number of ether oxygens (including phenoxy) is 3. The Morgan fingerprint density at radius 2 is 2.11 bits per heavy atom. The van der Waals surface area contributed by atoms with Crippen LogP contribution in [-0.4, -0.2) is 25.8 Å². The number of rotatable bonds is 4. The third-order valence-corrected chi connectivity index (χ3v) is 2.89. The van der Waals surface area contributed by atoms with E-state index in [1.54, 1.807) is 6.92 Å². The van der Waals surface area contributed by atoms with Gasteiger partial charge in [0.05, 0.1) is 26.2 Å². The Morgan fingerprint density at radius 1 is 1.37 bits per heavy atom. The van der Waals surface area contributed by atoms with Crippen LogP contribution in [0.3, 0.4) is 0 Å². The van der Waals surface area contributed by atoms with E-state index in [1.807, 2.05) is 18.2 Å². The van der Waals surface area contributed by atoms with Crippen molar-refractivity contribution < 1.29 is 19.0 Å². The molecule has 0 unspecified atom stereocenters. The van der Waals surface area contributed by atoms with Gasteiger partial charge < -0.3 is 19.9 Å². The minimum Gasteiger partial charge on any atom is -0.490 e. The third kappa shape index (κ3) is 3.61. The first-order chi connectivity index (χ1) is 9.20. The summed E-state index contributed by atoms with van der Waals surface area (Å²) in [5.74, 6) is 1.13. The second-order valence-electron chi connectivity index (χ2n) is 4.37. The van der Waals surface area contributed by atoms with Crippen LogP contribution in [0.4, 0.5) is 0 Å². The van der Waals surface area contributed by atoms with Gasteiger partial charge in [0.25, 0.3) is 0 Å². The standard InChI is InChI=1S/C14H19NO4/c1-2-17-14(16)9-11(15)10-4-5-12-13(8-10)19-7-3-6-18-12/h4-5,8,11H,2-3,6-7,9,15H2,1H3/t11-/m1/s1. The van der Waals surface area contributed by atoms with Gasteiger partial charge in [-0.3, -0.25) is 4.79 Å². The minimum absolute atomic E-state index is 0.160. The average Bonchev–Trinajstić information content (AvgIpc) is 2.63. The van der Waals surface area contributed by atoms with Crippen molar-refractivity contribution in [2.75, 3.05) is 19.8 Å². The summed E-state index contributed by atoms with van der Waals surface area (Å²) in [6, 6.07) is 5.14. The predicted octanol–water partition coefficient (Wildman–Crippen LogP) is 1.80. The molecule has 1 aliphatic rings. The molecule has 2 rings (SSSR count). The van der Waals surface area contributed by atoms with Gasteiger partial charge in [-0.2, -0.15) is 0 Å². The molecular formula is C14H19NO4. The zero-order valence-corrected chi connectivity index (χ0v) is 11.1. The van der Waals surface area contributed by atoms with Gasteiger partial charge in [0, 0.05) is 12.5 Å². The van der Waals surface area contributed by atoms with Crippen LogP contribution in [0, 0.1) is 0 Å². The molecule has 0 fully saturated rings. The van der Waals surface area contributed by atoms with Gasteiger partial charge in [-0.1, -0.05) is 6.07 Å². The van der Waals surface area contributed by atoms with Crippen LogP contribution in [0.5, 0.6) is 11.5 Å². The zero-order chi connectivity index (χ0) is 13.7. The molecule has 0 saturated carbocycles. The van der Waals surface area contributed by atoms with Crippen LogP contribution < -0.4 is 15.2 Å². The lowest BCUT2D eigenvalue weighted by atomic mass is 10.0. The molecule has 0 amide bonds. The maximum Gasteiger partial charge on any atom is 0.307 e. The number of carbonyl (C=O) groups is 1. The largest absolute Gasteiger partial charge is 0.490 e. The molecule has 5 nitrogen and oxygen atoms in total. The van der Waals surface area contributed by atoms with Crippen LogP contribution in [0.15, 0.2) is 18.2 Å². The van der Waals surface area contributed by atoms with Crippen molar-refractivity contribution in [2.45, 2.75) is 25.8 Å². The highest BCUT2D eigenvalue weighted by atomic mass is 16.5. The summed E-state index contributed by atoms with van der Waals surface area (Å²) in [4.78, 5) is 11.4. The lowest BCUT2D eigenvalue weighted by Gasteiger charge is -2.14. The summed E-state index contributed by atoms with van der Waals surface area (Å²) in [7, 11) is 0. The van der Waals surface area contributed by atoms with Crippen molar-refractivity contribution in [3.63, 3.8) is 0 Å². The molecule has 0 saturated heterocycles. The summed E-state index contributed by atoms with van der Waals surface area (Å²) < 4.78 is 16.0. The van der Waals surface area contributed by atoms with E-state index in [4.69, 9.17) is 19.9 Å². The van der Waals surface area contributed by atoms with E-state index in [0.29, 0.717) is 25.6 Å². The molecule has 1 aliphatic heterocycles. The second-order valence-corrected chi connectivity index (χ2v) is 4.37. The summed E-state index contributed by atoms with van der Waals surface area (Å²) in [5, 5.41) is 0. The highest BCUT2D eigenvalue weighted by molar-refractivity contribution is 5.70. The van der Waals surface area contributed by atoms with Crippen LogP contribution in [0.2, 0.25) is 0 Å². The highest BCUT2D eigenvalue weighted by Crippen LogP contribution is 2.32. The van der Waals surface area contributed by atoms with E-state index in [2.05, 4.69) is 0 Å². The number of hydrogen-bond acceptors (Lipinski definition) is 5. The van der Waals surface area contributed by atoms with Crippen molar-refractivity contribution >= 4 is 5.97 Å². The van der Waals surface area contributed by atoms with Crippen LogP contribution in [-0.2, 0) is 9.53 Å². The topological polar surface area (TPSA) is 70.8 Å². The van der Waals surface area contributed by atoms with E-state index >= 15 is 0 Å². The highest BCUT2D eigenvalue weighted by Gasteiger charge is 2.16. The first-order valence-corrected chi connectivity index (χ1v) is 6.51. The van der Waals surface area contributed by atoms with Gasteiger partial charge in [-0.05, 0) is 24.6 Å². The number of nitrogens with two attached hydrogens (primary N) is 1. The van der Waals surface area contributed by atoms with Gasteiger partial charge >= 0.3 is 5.97 Å². The monoisotopic (exact) mass is 265 g/mol. The molecule has 2 N–H and O–H groups in total. The molecule has 1 aromatic rings. The van der Waals surface area contributed by atoms with Gasteiger partial charge in [0.2, 0.25) is 0 Å². The fourth-order valence-corrected chi connectivity index (χ4v) is 1.93. The molecule has 1 heterocycles. The summed E-state index contributed by atoms with van der Waals surface area (Å²) >= 11 is 0. The molecule has 0 bridgehead atoms. The van der Waals surface area contributed by atoms with Gasteiger partial charge in [-0.25, -0.2) is 0 Å². The lowest BCUT2D eigenvalue weighted by Crippen LogP contribution is -2.17. The maximum atomic E-state index is 11.4. The van der Waals surface area contributed by atoms with Gasteiger partial charge in [0.15, 0.2) is 11.5 Å². The van der Waals surface area contributed by atoms with Crippen LogP contribution >= 0.6 is 0 Å². The minimum atomic E-state index is -0.392. The number of fused-ring (bicyclic) bond motifs is 1. The Kier molecular flexibility index (Phi) is 4.63. The zero-order valence-electron chi connectivity index (χ0n) is 11.1. The van der Waals surface area contributed by atoms with Crippen molar-refractivity contribution in [3.8, 4) is 11.5 Å². The Balaban J connectivity index is 2.08. The second kappa shape index (κ2) is 6.43. The van der Waals surface area contributed by atoms with E-state index in [0.717, 1.165) is 17.7 Å². The predicted molar refractivity (Wildman–Crippen MR) is 70.2 cm³/mol. The molecule has 0 radical (unpaired) electrons. The molecule has 5 heteroatoms. The van der Waals surface area contributed by atoms with Crippen molar-refractivity contribution in [3.05, 3.63) is 23.8 Å². The van der Waals surface area contributed by atoms with Gasteiger partial charge in [-0.15, -0.1) is 0 Å². The lowest BCUT2D eigenvalue weighted by molar-refractivity contribution is -0.143. The molecule has 1 aromatic carbocycles. The molecule has 0 aliphatic carbocycles. The summed E-state index contributed by atoms with van der Waals surface area (Å²) in [6.07, 6.45) is 1.02. The first-order valence-electron chi connectivity index (χ1n) is 6.51. The summed E-state index contributed by atoms with van der Waals surface area (Å²) in [5.41, 5.74) is 6.85. The Labute approximate surface area is 112 Å². The van der Waals surface area contributed by atoms with Crippen molar-refractivity contribution in [2.24, 2.45) is 5.73 Å². The first kappa shape index (κ1) is 13.7. The molecule has 104 valence electrons. The SMILES string of the molecule is CCOC(=O)C[C@@H](N)c1ccc2c(c1)OCCCO2. The summed E-state index contributed by atoms with van der Waals surface area (Å²) in [6.45, 7) is 3.43. The Morgan fingerprint density at radius 3 is 2.84 bits per heavy atom. The van der Waals surface area contributed by atoms with Gasteiger partial charge in [0.1, 0.15) is 0 Å². The maximum absolute atomic E-state index is 11.4. The normalized spacial score (nSPS) is 15.5. The average molecular weight is 265 g/mol. The quantitative estimate of drug-likeness (QED) is 0.840. The number of benzene rings is 1. The fraction of sp³-hybridized carbons (Fsp3) is 0.500. The Bertz CT molecular complexity index is 447. The number of hydrogen-bond donors (Lipinski definition) is 1. The molecule has 1 atom stereocenters. The van der Waals surface area contributed by atoms with Crippen molar-refractivity contribution in [1.82, 2.24) is 0 Å². The molecular weight excluding hydrogens is 246 g/mol. The fourth-order valence-electron chi connectivity index (χ4n) is 1.93.